The summed E-state index contributed by atoms with van der Waals surface area (Å²) in [4.78, 5) is 22.4. The molecule has 0 spiro atoms. The average Bonchev–Trinajstić information content (AvgIpc) is 1.99. The highest BCUT2D eigenvalue weighted by molar-refractivity contribution is 5.83. The predicted octanol–water partition coefficient (Wildman–Crippen LogP) is 1.80. The zero-order valence-electron chi connectivity index (χ0n) is 9.33. The fourth-order valence-corrected chi connectivity index (χ4v) is 1.54. The van der Waals surface area contributed by atoms with Gasteiger partial charge in [0.25, 0.3) is 0 Å². The first kappa shape index (κ1) is 11.8. The lowest BCUT2D eigenvalue weighted by molar-refractivity contribution is -0.146. The molecule has 4 nitrogen and oxygen atoms in total. The second kappa shape index (κ2) is 4.47. The van der Waals surface area contributed by atoms with Gasteiger partial charge in [-0.1, -0.05) is 13.8 Å². The van der Waals surface area contributed by atoms with Crippen molar-refractivity contribution in [2.45, 2.75) is 33.6 Å². The van der Waals surface area contributed by atoms with Gasteiger partial charge in [-0.2, -0.15) is 0 Å². The Morgan fingerprint density at radius 3 is 2.73 bits per heavy atom. The predicted molar refractivity (Wildman–Crippen MR) is 53.8 cm³/mol. The lowest BCUT2D eigenvalue weighted by Gasteiger charge is -2.29. The number of hydrogen-bond acceptors (Lipinski definition) is 4. The highest BCUT2D eigenvalue weighted by Crippen LogP contribution is 2.34. The third-order valence-electron chi connectivity index (χ3n) is 2.09. The second-order valence-corrected chi connectivity index (χ2v) is 4.35. The van der Waals surface area contributed by atoms with Crippen molar-refractivity contribution in [3.63, 3.8) is 0 Å². The van der Waals surface area contributed by atoms with E-state index in [0.717, 1.165) is 0 Å². The van der Waals surface area contributed by atoms with Crippen molar-refractivity contribution >= 4 is 11.9 Å². The number of esters is 2. The zero-order chi connectivity index (χ0) is 11.5. The summed E-state index contributed by atoms with van der Waals surface area (Å²) < 4.78 is 9.70. The monoisotopic (exact) mass is 212 g/mol. The van der Waals surface area contributed by atoms with Gasteiger partial charge in [-0.3, -0.25) is 4.79 Å². The minimum absolute atomic E-state index is 0.145. The maximum atomic E-state index is 11.2. The molecule has 1 aliphatic rings. The van der Waals surface area contributed by atoms with Crippen molar-refractivity contribution in [3.05, 3.63) is 11.8 Å². The molecule has 0 amide bonds. The fourth-order valence-electron chi connectivity index (χ4n) is 1.54. The van der Waals surface area contributed by atoms with Crippen LogP contribution in [0.5, 0.6) is 0 Å². The van der Waals surface area contributed by atoms with Crippen LogP contribution in [0.15, 0.2) is 11.8 Å². The smallest absolute Gasteiger partial charge is 0.334 e. The van der Waals surface area contributed by atoms with Gasteiger partial charge in [-0.15, -0.1) is 0 Å². The molecule has 4 heteroatoms. The van der Waals surface area contributed by atoms with Crippen molar-refractivity contribution in [2.24, 2.45) is 5.41 Å². The van der Waals surface area contributed by atoms with Crippen molar-refractivity contribution < 1.29 is 19.1 Å². The summed E-state index contributed by atoms with van der Waals surface area (Å²) in [5, 5.41) is 0. The van der Waals surface area contributed by atoms with Gasteiger partial charge in [-0.25, -0.2) is 4.79 Å². The molecular weight excluding hydrogens is 196 g/mol. The first-order valence-corrected chi connectivity index (χ1v) is 5.01. The van der Waals surface area contributed by atoms with E-state index in [1.54, 1.807) is 6.92 Å². The van der Waals surface area contributed by atoms with Crippen LogP contribution in [-0.4, -0.2) is 18.5 Å². The second-order valence-electron chi connectivity index (χ2n) is 4.35. The van der Waals surface area contributed by atoms with Crippen LogP contribution < -0.4 is 0 Å². The lowest BCUT2D eigenvalue weighted by atomic mass is 9.83. The van der Waals surface area contributed by atoms with Gasteiger partial charge in [0.05, 0.1) is 19.1 Å². The third kappa shape index (κ3) is 3.73. The molecule has 15 heavy (non-hydrogen) atoms. The lowest BCUT2D eigenvalue weighted by Crippen LogP contribution is -2.26. The largest absolute Gasteiger partial charge is 0.463 e. The molecule has 1 heterocycles. The van der Waals surface area contributed by atoms with Gasteiger partial charge >= 0.3 is 11.9 Å². The molecule has 0 unspecified atom stereocenters. The molecule has 1 rings (SSSR count). The first-order valence-electron chi connectivity index (χ1n) is 5.01. The van der Waals surface area contributed by atoms with Gasteiger partial charge in [0.15, 0.2) is 0 Å². The first-order chi connectivity index (χ1) is 6.93. The highest BCUT2D eigenvalue weighted by Gasteiger charge is 2.31. The summed E-state index contributed by atoms with van der Waals surface area (Å²) in [6.07, 6.45) is 2.22. The van der Waals surface area contributed by atoms with Gasteiger partial charge in [0.1, 0.15) is 5.76 Å². The Morgan fingerprint density at radius 2 is 2.20 bits per heavy atom. The molecule has 0 bridgehead atoms. The molecule has 0 aliphatic carbocycles. The number of carbonyl (C=O) groups excluding carboxylic acids is 2. The maximum Gasteiger partial charge on any atom is 0.334 e. The van der Waals surface area contributed by atoms with E-state index < -0.39 is 5.97 Å². The number of carbonyl (C=O) groups is 2. The van der Waals surface area contributed by atoms with Gasteiger partial charge < -0.3 is 9.47 Å². The van der Waals surface area contributed by atoms with Gasteiger partial charge in [0, 0.05) is 6.42 Å². The Hall–Kier alpha value is -1.32. The third-order valence-corrected chi connectivity index (χ3v) is 2.09. The van der Waals surface area contributed by atoms with E-state index >= 15 is 0 Å². The number of rotatable bonds is 2. The molecule has 1 saturated heterocycles. The summed E-state index contributed by atoms with van der Waals surface area (Å²) >= 11 is 0. The van der Waals surface area contributed by atoms with Crippen LogP contribution in [0.25, 0.3) is 0 Å². The van der Waals surface area contributed by atoms with Crippen molar-refractivity contribution in [1.82, 2.24) is 0 Å². The molecule has 0 aromatic heterocycles. The normalized spacial score (nSPS) is 22.3. The zero-order valence-corrected chi connectivity index (χ0v) is 9.33. The average molecular weight is 212 g/mol. The van der Waals surface area contributed by atoms with Crippen LogP contribution in [0.2, 0.25) is 0 Å². The van der Waals surface area contributed by atoms with E-state index in [2.05, 4.69) is 0 Å². The molecule has 0 atom stereocenters. The number of hydrogen-bond donors (Lipinski definition) is 0. The Bertz CT molecular complexity index is 302. The van der Waals surface area contributed by atoms with E-state index in [1.807, 2.05) is 13.8 Å². The van der Waals surface area contributed by atoms with Crippen LogP contribution in [0.1, 0.15) is 33.6 Å². The maximum absolute atomic E-state index is 11.2. The molecule has 0 N–H and O–H groups in total. The SMILES string of the molecule is CCOC(=O)/C=C1\CC(C)(C)CC(=O)O1. The topological polar surface area (TPSA) is 52.6 Å². The molecule has 0 radical (unpaired) electrons. The van der Waals surface area contributed by atoms with Crippen LogP contribution in [0, 0.1) is 5.41 Å². The van der Waals surface area contributed by atoms with Gasteiger partial charge in [-0.05, 0) is 12.3 Å². The van der Waals surface area contributed by atoms with Crippen molar-refractivity contribution in [3.8, 4) is 0 Å². The summed E-state index contributed by atoms with van der Waals surface area (Å²) in [5.74, 6) is -0.352. The minimum Gasteiger partial charge on any atom is -0.463 e. The number of ether oxygens (including phenoxy) is 2. The van der Waals surface area contributed by atoms with E-state index in [4.69, 9.17) is 9.47 Å². The molecular formula is C11H16O4. The Morgan fingerprint density at radius 1 is 1.53 bits per heavy atom. The van der Waals surface area contributed by atoms with Crippen LogP contribution in [0.3, 0.4) is 0 Å². The molecule has 0 aromatic carbocycles. The van der Waals surface area contributed by atoms with E-state index in [0.29, 0.717) is 25.2 Å². The van der Waals surface area contributed by atoms with Crippen LogP contribution >= 0.6 is 0 Å². The molecule has 1 fully saturated rings. The molecule has 0 saturated carbocycles. The van der Waals surface area contributed by atoms with E-state index in [1.165, 1.54) is 6.08 Å². The highest BCUT2D eigenvalue weighted by atomic mass is 16.5. The summed E-state index contributed by atoms with van der Waals surface area (Å²) in [5.41, 5.74) is -0.145. The Labute approximate surface area is 89.2 Å². The van der Waals surface area contributed by atoms with Crippen LogP contribution in [-0.2, 0) is 19.1 Å². The number of allylic oxidation sites excluding steroid dienone is 1. The summed E-state index contributed by atoms with van der Waals surface area (Å²) in [6, 6.07) is 0. The number of cyclic esters (lactones) is 1. The van der Waals surface area contributed by atoms with E-state index in [9.17, 15) is 9.59 Å². The van der Waals surface area contributed by atoms with Crippen molar-refractivity contribution in [1.29, 1.82) is 0 Å². The summed E-state index contributed by atoms with van der Waals surface area (Å²) in [7, 11) is 0. The Balaban J connectivity index is 2.70. The van der Waals surface area contributed by atoms with Crippen molar-refractivity contribution in [2.75, 3.05) is 6.61 Å². The molecule has 1 aliphatic heterocycles. The molecule has 0 aromatic rings. The minimum atomic E-state index is -0.460. The summed E-state index contributed by atoms with van der Waals surface area (Å²) in [6.45, 7) is 5.98. The molecule has 84 valence electrons. The van der Waals surface area contributed by atoms with E-state index in [-0.39, 0.29) is 11.4 Å². The fraction of sp³-hybridized carbons (Fsp3) is 0.636. The Kier molecular flexibility index (Phi) is 3.50. The van der Waals surface area contributed by atoms with Gasteiger partial charge in [0.2, 0.25) is 0 Å². The quantitative estimate of drug-likeness (QED) is 0.517. The van der Waals surface area contributed by atoms with Crippen LogP contribution in [0.4, 0.5) is 0 Å². The standard InChI is InChI=1S/C11H16O4/c1-4-14-9(12)5-8-6-11(2,3)7-10(13)15-8/h5H,4,6-7H2,1-3H3/b8-5+.